The Hall–Kier alpha value is -1.35. The molecule has 1 amide bonds. The molecule has 1 aliphatic rings. The van der Waals surface area contributed by atoms with Gasteiger partial charge in [0.2, 0.25) is 5.91 Å². The number of carbonyl (C=O) groups is 1. The molecule has 2 rings (SSSR count). The third-order valence-corrected chi connectivity index (χ3v) is 3.14. The van der Waals surface area contributed by atoms with E-state index in [4.69, 9.17) is 0 Å². The van der Waals surface area contributed by atoms with Crippen molar-refractivity contribution in [2.75, 3.05) is 18.0 Å². The molecule has 0 spiro atoms. The molecule has 0 saturated carbocycles. The summed E-state index contributed by atoms with van der Waals surface area (Å²) in [7, 11) is 0. The van der Waals surface area contributed by atoms with E-state index in [-0.39, 0.29) is 11.4 Å². The Bertz CT molecular complexity index is 434. The lowest BCUT2D eigenvalue weighted by atomic mass is 10.1. The molecule has 3 heteroatoms. The third-order valence-electron chi connectivity index (χ3n) is 3.14. The number of para-hydroxylation sites is 1. The van der Waals surface area contributed by atoms with Gasteiger partial charge in [-0.15, -0.1) is 0 Å². The standard InChI is InChI=1S/C15H22N2O/c1-15(2,3)16-9-6-10-17-13-8-5-4-7-12(13)11-14(17)18/h4-5,7-8,16H,6,9-11H2,1-3H3. The highest BCUT2D eigenvalue weighted by Gasteiger charge is 2.25. The zero-order chi connectivity index (χ0) is 13.2. The van der Waals surface area contributed by atoms with E-state index in [1.54, 1.807) is 0 Å². The minimum absolute atomic E-state index is 0.146. The van der Waals surface area contributed by atoms with Crippen LogP contribution in [0.25, 0.3) is 0 Å². The Labute approximate surface area is 109 Å². The zero-order valence-electron chi connectivity index (χ0n) is 11.5. The molecule has 1 aliphatic heterocycles. The molecule has 0 unspecified atom stereocenters. The van der Waals surface area contributed by atoms with Crippen LogP contribution in [0.15, 0.2) is 24.3 Å². The topological polar surface area (TPSA) is 32.3 Å². The van der Waals surface area contributed by atoms with E-state index >= 15 is 0 Å². The number of hydrogen-bond donors (Lipinski definition) is 1. The van der Waals surface area contributed by atoms with Crippen molar-refractivity contribution < 1.29 is 4.79 Å². The van der Waals surface area contributed by atoms with Crippen LogP contribution >= 0.6 is 0 Å². The summed E-state index contributed by atoms with van der Waals surface area (Å²) < 4.78 is 0. The summed E-state index contributed by atoms with van der Waals surface area (Å²) in [6.07, 6.45) is 1.54. The van der Waals surface area contributed by atoms with Gasteiger partial charge in [0, 0.05) is 17.8 Å². The molecule has 0 aliphatic carbocycles. The van der Waals surface area contributed by atoms with Gasteiger partial charge >= 0.3 is 0 Å². The largest absolute Gasteiger partial charge is 0.312 e. The van der Waals surface area contributed by atoms with Crippen molar-refractivity contribution >= 4 is 11.6 Å². The van der Waals surface area contributed by atoms with Crippen LogP contribution in [-0.2, 0) is 11.2 Å². The number of benzene rings is 1. The van der Waals surface area contributed by atoms with Crippen molar-refractivity contribution in [2.24, 2.45) is 0 Å². The number of nitrogens with zero attached hydrogens (tertiary/aromatic N) is 1. The highest BCUT2D eigenvalue weighted by atomic mass is 16.2. The molecule has 1 aromatic carbocycles. The molecule has 1 aromatic rings. The lowest BCUT2D eigenvalue weighted by Gasteiger charge is -2.22. The van der Waals surface area contributed by atoms with Crippen molar-refractivity contribution in [3.63, 3.8) is 0 Å². The average molecular weight is 246 g/mol. The molecule has 0 atom stereocenters. The summed E-state index contributed by atoms with van der Waals surface area (Å²) in [4.78, 5) is 13.8. The molecule has 98 valence electrons. The quantitative estimate of drug-likeness (QED) is 0.827. The summed E-state index contributed by atoms with van der Waals surface area (Å²) >= 11 is 0. The van der Waals surface area contributed by atoms with Crippen LogP contribution in [0.3, 0.4) is 0 Å². The third kappa shape index (κ3) is 3.10. The SMILES string of the molecule is CC(C)(C)NCCCN1C(=O)Cc2ccccc21. The summed E-state index contributed by atoms with van der Waals surface area (Å²) in [5, 5.41) is 3.45. The predicted octanol–water partition coefficient (Wildman–Crippen LogP) is 2.35. The van der Waals surface area contributed by atoms with Crippen LogP contribution in [0.5, 0.6) is 0 Å². The molecule has 0 radical (unpaired) electrons. The fourth-order valence-electron chi connectivity index (χ4n) is 2.26. The van der Waals surface area contributed by atoms with Gasteiger partial charge in [0.25, 0.3) is 0 Å². The van der Waals surface area contributed by atoms with E-state index in [0.29, 0.717) is 6.42 Å². The zero-order valence-corrected chi connectivity index (χ0v) is 11.5. The molecule has 0 bridgehead atoms. The van der Waals surface area contributed by atoms with Crippen LogP contribution in [0, 0.1) is 0 Å². The molecule has 3 nitrogen and oxygen atoms in total. The van der Waals surface area contributed by atoms with Crippen LogP contribution in [0.1, 0.15) is 32.8 Å². The number of carbonyl (C=O) groups excluding carboxylic acids is 1. The van der Waals surface area contributed by atoms with Crippen molar-refractivity contribution in [2.45, 2.75) is 39.2 Å². The summed E-state index contributed by atoms with van der Waals surface area (Å²) in [6, 6.07) is 8.08. The van der Waals surface area contributed by atoms with E-state index in [0.717, 1.165) is 30.8 Å². The van der Waals surface area contributed by atoms with Gasteiger partial charge in [0.1, 0.15) is 0 Å². The first-order valence-corrected chi connectivity index (χ1v) is 6.61. The van der Waals surface area contributed by atoms with Crippen molar-refractivity contribution in [1.29, 1.82) is 0 Å². The average Bonchev–Trinajstić information content (AvgIpc) is 2.59. The van der Waals surface area contributed by atoms with Gasteiger partial charge in [-0.05, 0) is 45.4 Å². The molecule has 1 heterocycles. The fraction of sp³-hybridized carbons (Fsp3) is 0.533. The Balaban J connectivity index is 1.89. The van der Waals surface area contributed by atoms with Crippen LogP contribution in [0.4, 0.5) is 5.69 Å². The fourth-order valence-corrected chi connectivity index (χ4v) is 2.26. The summed E-state index contributed by atoms with van der Waals surface area (Å²) in [6.45, 7) is 8.21. The monoisotopic (exact) mass is 246 g/mol. The second-order valence-electron chi connectivity index (χ2n) is 5.88. The molecule has 18 heavy (non-hydrogen) atoms. The molecule has 0 saturated heterocycles. The Kier molecular flexibility index (Phi) is 3.71. The normalized spacial score (nSPS) is 15.1. The molecular formula is C15H22N2O. The summed E-state index contributed by atoms with van der Waals surface area (Å²) in [5.41, 5.74) is 2.40. The minimum atomic E-state index is 0.146. The van der Waals surface area contributed by atoms with E-state index in [2.05, 4.69) is 26.1 Å². The van der Waals surface area contributed by atoms with Crippen molar-refractivity contribution in [3.8, 4) is 0 Å². The number of hydrogen-bond acceptors (Lipinski definition) is 2. The molecular weight excluding hydrogens is 224 g/mol. The van der Waals surface area contributed by atoms with Gasteiger partial charge < -0.3 is 10.2 Å². The predicted molar refractivity (Wildman–Crippen MR) is 74.9 cm³/mol. The molecule has 0 aromatic heterocycles. The first-order chi connectivity index (χ1) is 8.47. The first kappa shape index (κ1) is 13.1. The van der Waals surface area contributed by atoms with Gasteiger partial charge in [-0.3, -0.25) is 4.79 Å². The van der Waals surface area contributed by atoms with Gasteiger partial charge in [-0.1, -0.05) is 18.2 Å². The molecule has 0 fully saturated rings. The van der Waals surface area contributed by atoms with E-state index < -0.39 is 0 Å². The lowest BCUT2D eigenvalue weighted by Crippen LogP contribution is -2.38. The van der Waals surface area contributed by atoms with Gasteiger partial charge in [-0.2, -0.15) is 0 Å². The highest BCUT2D eigenvalue weighted by Crippen LogP contribution is 2.28. The number of anilines is 1. The second kappa shape index (κ2) is 5.11. The van der Waals surface area contributed by atoms with Gasteiger partial charge in [0.15, 0.2) is 0 Å². The maximum atomic E-state index is 11.9. The van der Waals surface area contributed by atoms with E-state index in [1.807, 2.05) is 29.2 Å². The minimum Gasteiger partial charge on any atom is -0.312 e. The number of nitrogens with one attached hydrogen (secondary N) is 1. The molecule has 1 N–H and O–H groups in total. The van der Waals surface area contributed by atoms with Crippen LogP contribution in [0.2, 0.25) is 0 Å². The second-order valence-corrected chi connectivity index (χ2v) is 5.88. The lowest BCUT2D eigenvalue weighted by molar-refractivity contribution is -0.117. The number of amides is 1. The number of rotatable bonds is 4. The van der Waals surface area contributed by atoms with Crippen molar-refractivity contribution in [1.82, 2.24) is 5.32 Å². The highest BCUT2D eigenvalue weighted by molar-refractivity contribution is 6.01. The van der Waals surface area contributed by atoms with Crippen molar-refractivity contribution in [3.05, 3.63) is 29.8 Å². The van der Waals surface area contributed by atoms with Gasteiger partial charge in [-0.25, -0.2) is 0 Å². The van der Waals surface area contributed by atoms with E-state index in [1.165, 1.54) is 0 Å². The Morgan fingerprint density at radius 1 is 1.28 bits per heavy atom. The van der Waals surface area contributed by atoms with Crippen LogP contribution < -0.4 is 10.2 Å². The van der Waals surface area contributed by atoms with Gasteiger partial charge in [0.05, 0.1) is 6.42 Å². The first-order valence-electron chi connectivity index (χ1n) is 6.61. The maximum absolute atomic E-state index is 11.9. The van der Waals surface area contributed by atoms with Crippen LogP contribution in [-0.4, -0.2) is 24.5 Å². The number of fused-ring (bicyclic) bond motifs is 1. The summed E-state index contributed by atoms with van der Waals surface area (Å²) in [5.74, 6) is 0.229. The Morgan fingerprint density at radius 3 is 2.72 bits per heavy atom. The maximum Gasteiger partial charge on any atom is 0.231 e. The Morgan fingerprint density at radius 2 is 2.00 bits per heavy atom. The smallest absolute Gasteiger partial charge is 0.231 e. The van der Waals surface area contributed by atoms with E-state index in [9.17, 15) is 4.79 Å².